The fourth-order valence-electron chi connectivity index (χ4n) is 4.40. The maximum absolute atomic E-state index is 11.1. The number of benzene rings is 1. The van der Waals surface area contributed by atoms with E-state index in [0.29, 0.717) is 11.8 Å². The number of rotatable bonds is 0. The van der Waals surface area contributed by atoms with Gasteiger partial charge in [0.15, 0.2) is 0 Å². The summed E-state index contributed by atoms with van der Waals surface area (Å²) in [7, 11) is 0. The number of fused-ring (bicyclic) bond motifs is 3. The molecule has 0 radical (unpaired) electrons. The summed E-state index contributed by atoms with van der Waals surface area (Å²) in [6, 6.07) is 8.50. The van der Waals surface area contributed by atoms with Crippen LogP contribution in [0.15, 0.2) is 24.3 Å². The third kappa shape index (κ3) is 1.18. The Morgan fingerprint density at radius 3 is 2.65 bits per heavy atom. The van der Waals surface area contributed by atoms with Crippen molar-refractivity contribution >= 4 is 0 Å². The van der Waals surface area contributed by atoms with Crippen LogP contribution < -0.4 is 0 Å². The van der Waals surface area contributed by atoms with Crippen LogP contribution in [0.5, 0.6) is 0 Å². The Hall–Kier alpha value is -0.820. The highest BCUT2D eigenvalue weighted by Gasteiger charge is 2.59. The monoisotopic (exact) mass is 230 g/mol. The van der Waals surface area contributed by atoms with Gasteiger partial charge in [0.2, 0.25) is 0 Å². The average molecular weight is 230 g/mol. The summed E-state index contributed by atoms with van der Waals surface area (Å²) in [5.41, 5.74) is 1.90. The first-order valence-corrected chi connectivity index (χ1v) is 6.81. The van der Waals surface area contributed by atoms with Crippen LogP contribution in [0.1, 0.15) is 57.1 Å². The van der Waals surface area contributed by atoms with E-state index in [4.69, 9.17) is 0 Å². The van der Waals surface area contributed by atoms with Gasteiger partial charge in [-0.15, -0.1) is 0 Å². The highest BCUT2D eigenvalue weighted by atomic mass is 16.3. The van der Waals surface area contributed by atoms with E-state index < -0.39 is 5.60 Å². The Labute approximate surface area is 104 Å². The molecule has 1 N–H and O–H groups in total. The largest absolute Gasteiger partial charge is 0.385 e. The Kier molecular flexibility index (Phi) is 2.22. The number of aliphatic hydroxyl groups is 1. The zero-order valence-electron chi connectivity index (χ0n) is 11.0. The van der Waals surface area contributed by atoms with E-state index in [-0.39, 0.29) is 5.41 Å². The maximum atomic E-state index is 11.1. The van der Waals surface area contributed by atoms with E-state index in [1.165, 1.54) is 30.4 Å². The summed E-state index contributed by atoms with van der Waals surface area (Å²) >= 11 is 0. The molecule has 0 amide bonds. The van der Waals surface area contributed by atoms with E-state index in [0.717, 1.165) is 0 Å². The van der Waals surface area contributed by atoms with E-state index in [1.54, 1.807) is 0 Å². The minimum atomic E-state index is -0.673. The first-order chi connectivity index (χ1) is 7.99. The molecular weight excluding hydrogens is 208 g/mol. The second kappa shape index (κ2) is 3.35. The third-order valence-corrected chi connectivity index (χ3v) is 5.79. The molecule has 1 aromatic rings. The molecule has 4 atom stereocenters. The van der Waals surface area contributed by atoms with E-state index >= 15 is 0 Å². The van der Waals surface area contributed by atoms with Crippen LogP contribution in [0.25, 0.3) is 0 Å². The Morgan fingerprint density at radius 1 is 1.18 bits per heavy atom. The summed E-state index contributed by atoms with van der Waals surface area (Å²) in [5, 5.41) is 11.1. The zero-order chi connectivity index (χ0) is 12.3. The van der Waals surface area contributed by atoms with Crippen molar-refractivity contribution in [3.8, 4) is 0 Å². The van der Waals surface area contributed by atoms with Gasteiger partial charge in [-0.05, 0) is 36.3 Å². The molecule has 1 fully saturated rings. The third-order valence-electron chi connectivity index (χ3n) is 5.79. The van der Waals surface area contributed by atoms with Crippen molar-refractivity contribution in [2.45, 2.75) is 51.6 Å². The quantitative estimate of drug-likeness (QED) is 0.718. The fraction of sp³-hybridized carbons (Fsp3) is 0.625. The lowest BCUT2D eigenvalue weighted by Gasteiger charge is -2.49. The van der Waals surface area contributed by atoms with Gasteiger partial charge in [-0.25, -0.2) is 0 Å². The summed E-state index contributed by atoms with van der Waals surface area (Å²) in [4.78, 5) is 0. The van der Waals surface area contributed by atoms with Crippen molar-refractivity contribution in [1.29, 1.82) is 0 Å². The molecule has 0 spiro atoms. The molecule has 0 aromatic heterocycles. The fourth-order valence-corrected chi connectivity index (χ4v) is 4.40. The second-order valence-corrected chi connectivity index (χ2v) is 6.33. The molecule has 0 aliphatic heterocycles. The normalized spacial score (nSPS) is 44.2. The molecule has 0 heterocycles. The van der Waals surface area contributed by atoms with Gasteiger partial charge in [0.1, 0.15) is 0 Å². The van der Waals surface area contributed by atoms with Crippen molar-refractivity contribution in [1.82, 2.24) is 0 Å². The van der Waals surface area contributed by atoms with Crippen molar-refractivity contribution in [2.24, 2.45) is 11.3 Å². The van der Waals surface area contributed by atoms with Gasteiger partial charge in [-0.2, -0.15) is 0 Å². The van der Waals surface area contributed by atoms with Crippen LogP contribution in [0.3, 0.4) is 0 Å². The molecule has 1 heteroatoms. The van der Waals surface area contributed by atoms with Crippen LogP contribution in [0.4, 0.5) is 0 Å². The molecule has 2 aliphatic carbocycles. The molecule has 92 valence electrons. The molecule has 3 rings (SSSR count). The SMILES string of the molecule is CC1CCCC2c3ccccc3C(C)(O)C12C. The van der Waals surface area contributed by atoms with Gasteiger partial charge < -0.3 is 5.11 Å². The van der Waals surface area contributed by atoms with Gasteiger partial charge in [-0.3, -0.25) is 0 Å². The van der Waals surface area contributed by atoms with Crippen LogP contribution in [0, 0.1) is 11.3 Å². The standard InChI is InChI=1S/C16H22O/c1-11-7-6-10-13-12-8-4-5-9-14(12)16(3,17)15(11,13)2/h4-5,8-9,11,13,17H,6-7,10H2,1-3H3. The lowest BCUT2D eigenvalue weighted by molar-refractivity contribution is -0.109. The molecule has 17 heavy (non-hydrogen) atoms. The smallest absolute Gasteiger partial charge is 0.0932 e. The lowest BCUT2D eigenvalue weighted by atomic mass is 9.57. The Bertz CT molecular complexity index is 449. The first kappa shape index (κ1) is 11.3. The van der Waals surface area contributed by atoms with Crippen molar-refractivity contribution < 1.29 is 5.11 Å². The van der Waals surface area contributed by atoms with Crippen LogP contribution in [-0.4, -0.2) is 5.11 Å². The van der Waals surface area contributed by atoms with Gasteiger partial charge in [0.05, 0.1) is 5.60 Å². The van der Waals surface area contributed by atoms with Crippen molar-refractivity contribution in [3.05, 3.63) is 35.4 Å². The van der Waals surface area contributed by atoms with Crippen molar-refractivity contribution in [2.75, 3.05) is 0 Å². The molecule has 1 nitrogen and oxygen atoms in total. The molecule has 0 bridgehead atoms. The Morgan fingerprint density at radius 2 is 1.88 bits per heavy atom. The number of hydrogen-bond donors (Lipinski definition) is 1. The topological polar surface area (TPSA) is 20.2 Å². The second-order valence-electron chi connectivity index (χ2n) is 6.33. The van der Waals surface area contributed by atoms with E-state index in [2.05, 4.69) is 38.1 Å². The summed E-state index contributed by atoms with van der Waals surface area (Å²) in [5.74, 6) is 1.13. The van der Waals surface area contributed by atoms with Gasteiger partial charge in [0, 0.05) is 5.41 Å². The van der Waals surface area contributed by atoms with Crippen LogP contribution >= 0.6 is 0 Å². The summed E-state index contributed by atoms with van der Waals surface area (Å²) in [6.45, 7) is 6.63. The highest BCUT2D eigenvalue weighted by Crippen LogP contribution is 2.65. The minimum Gasteiger partial charge on any atom is -0.385 e. The molecule has 1 aromatic carbocycles. The van der Waals surface area contributed by atoms with Gasteiger partial charge in [-0.1, -0.05) is 51.0 Å². The average Bonchev–Trinajstić information content (AvgIpc) is 2.49. The zero-order valence-corrected chi connectivity index (χ0v) is 11.0. The van der Waals surface area contributed by atoms with Crippen molar-refractivity contribution in [3.63, 3.8) is 0 Å². The van der Waals surface area contributed by atoms with E-state index in [1.807, 2.05) is 6.92 Å². The number of hydrogen-bond acceptors (Lipinski definition) is 1. The van der Waals surface area contributed by atoms with Crippen LogP contribution in [0.2, 0.25) is 0 Å². The minimum absolute atomic E-state index is 0.00887. The predicted octanol–water partition coefficient (Wildman–Crippen LogP) is 3.82. The van der Waals surface area contributed by atoms with Gasteiger partial charge in [0.25, 0.3) is 0 Å². The lowest BCUT2D eigenvalue weighted by Crippen LogP contribution is -2.46. The molecular formula is C16H22O. The molecule has 2 aliphatic rings. The Balaban J connectivity index is 2.23. The summed E-state index contributed by atoms with van der Waals surface area (Å²) in [6.07, 6.45) is 3.77. The highest BCUT2D eigenvalue weighted by molar-refractivity contribution is 5.45. The first-order valence-electron chi connectivity index (χ1n) is 6.81. The molecule has 1 saturated carbocycles. The van der Waals surface area contributed by atoms with E-state index in [9.17, 15) is 5.11 Å². The maximum Gasteiger partial charge on any atom is 0.0932 e. The van der Waals surface area contributed by atoms with Gasteiger partial charge >= 0.3 is 0 Å². The molecule has 4 unspecified atom stereocenters. The summed E-state index contributed by atoms with van der Waals surface area (Å²) < 4.78 is 0. The van der Waals surface area contributed by atoms with Crippen LogP contribution in [-0.2, 0) is 5.60 Å². The molecule has 0 saturated heterocycles. The predicted molar refractivity (Wildman–Crippen MR) is 69.9 cm³/mol.